The monoisotopic (exact) mass is 546 g/mol. The van der Waals surface area contributed by atoms with Crippen molar-refractivity contribution >= 4 is 23.5 Å². The van der Waals surface area contributed by atoms with E-state index in [2.05, 4.69) is 32.5 Å². The highest BCUT2D eigenvalue weighted by atomic mass is 19.4. The maximum atomic E-state index is 13.8. The minimum absolute atomic E-state index is 0.0488. The van der Waals surface area contributed by atoms with E-state index in [-0.39, 0.29) is 47.9 Å². The van der Waals surface area contributed by atoms with Gasteiger partial charge in [0.25, 0.3) is 5.91 Å². The van der Waals surface area contributed by atoms with E-state index in [0.29, 0.717) is 17.7 Å². The topological polar surface area (TPSA) is 90.5 Å². The van der Waals surface area contributed by atoms with Crippen molar-refractivity contribution in [2.24, 2.45) is 5.92 Å². The first kappa shape index (κ1) is 28.8. The zero-order valence-corrected chi connectivity index (χ0v) is 22.7. The number of hydrogen-bond donors (Lipinski definition) is 2. The smallest absolute Gasteiger partial charge is 0.353 e. The maximum absolute atomic E-state index is 13.8. The summed E-state index contributed by atoms with van der Waals surface area (Å²) in [5, 5.41) is 5.92. The van der Waals surface area contributed by atoms with Gasteiger partial charge in [0.1, 0.15) is 0 Å². The molecular weight excluding hydrogens is 509 g/mol. The minimum atomic E-state index is -4.59. The number of alkyl halides is 3. The van der Waals surface area contributed by atoms with Gasteiger partial charge in [-0.25, -0.2) is 9.97 Å². The third-order valence-electron chi connectivity index (χ3n) is 7.90. The summed E-state index contributed by atoms with van der Waals surface area (Å²) >= 11 is 0. The minimum Gasteiger partial charge on any atom is -0.353 e. The molecule has 0 unspecified atom stereocenters. The summed E-state index contributed by atoms with van der Waals surface area (Å²) in [7, 11) is 3.90. The van der Waals surface area contributed by atoms with Gasteiger partial charge in [-0.3, -0.25) is 9.59 Å². The van der Waals surface area contributed by atoms with Gasteiger partial charge < -0.3 is 20.4 Å². The van der Waals surface area contributed by atoms with Gasteiger partial charge in [-0.15, -0.1) is 0 Å². The van der Waals surface area contributed by atoms with Crippen molar-refractivity contribution in [3.8, 4) is 0 Å². The molecule has 2 heterocycles. The van der Waals surface area contributed by atoms with Crippen LogP contribution in [0.4, 0.5) is 24.8 Å². The number of nitrogens with zero attached hydrogens (tertiary/aromatic N) is 4. The van der Waals surface area contributed by atoms with Crippen molar-refractivity contribution in [1.82, 2.24) is 25.1 Å². The van der Waals surface area contributed by atoms with Crippen molar-refractivity contribution in [3.63, 3.8) is 0 Å². The molecule has 0 spiro atoms. The Morgan fingerprint density at radius 1 is 1.10 bits per heavy atom. The van der Waals surface area contributed by atoms with Gasteiger partial charge in [0, 0.05) is 43.0 Å². The molecule has 4 rings (SSSR count). The number of anilines is 2. The van der Waals surface area contributed by atoms with E-state index in [0.717, 1.165) is 51.4 Å². The van der Waals surface area contributed by atoms with Crippen LogP contribution in [0.1, 0.15) is 67.1 Å². The van der Waals surface area contributed by atoms with Crippen LogP contribution in [0.15, 0.2) is 30.5 Å². The summed E-state index contributed by atoms with van der Waals surface area (Å²) in [5.74, 6) is -0.248. The number of aromatic nitrogens is 2. The number of hydrogen-bond acceptors (Lipinski definition) is 6. The lowest BCUT2D eigenvalue weighted by atomic mass is 9.95. The van der Waals surface area contributed by atoms with Crippen molar-refractivity contribution < 1.29 is 22.8 Å². The van der Waals surface area contributed by atoms with E-state index in [4.69, 9.17) is 0 Å². The number of carbonyl (C=O) groups is 2. The summed E-state index contributed by atoms with van der Waals surface area (Å²) in [4.78, 5) is 37.1. The fourth-order valence-electron chi connectivity index (χ4n) is 5.48. The van der Waals surface area contributed by atoms with Crippen LogP contribution in [0.25, 0.3) is 0 Å². The summed E-state index contributed by atoms with van der Waals surface area (Å²) in [6.45, 7) is 3.66. The van der Waals surface area contributed by atoms with Crippen molar-refractivity contribution in [2.75, 3.05) is 32.5 Å². The zero-order chi connectivity index (χ0) is 28.2. The molecule has 8 nitrogen and oxygen atoms in total. The molecule has 1 aliphatic carbocycles. The second-order valence-corrected chi connectivity index (χ2v) is 10.6. The molecule has 0 radical (unpaired) electrons. The second kappa shape index (κ2) is 12.3. The lowest BCUT2D eigenvalue weighted by molar-refractivity contribution is -0.138. The van der Waals surface area contributed by atoms with Gasteiger partial charge in [-0.1, -0.05) is 13.3 Å². The molecule has 1 aromatic heterocycles. The van der Waals surface area contributed by atoms with Crippen LogP contribution in [-0.2, 0) is 17.4 Å². The number of benzene rings is 1. The quantitative estimate of drug-likeness (QED) is 0.501. The Morgan fingerprint density at radius 3 is 2.44 bits per heavy atom. The number of piperidine rings is 1. The average molecular weight is 547 g/mol. The molecule has 2 atom stereocenters. The predicted molar refractivity (Wildman–Crippen MR) is 143 cm³/mol. The zero-order valence-electron chi connectivity index (χ0n) is 22.7. The molecule has 2 N–H and O–H groups in total. The average Bonchev–Trinajstić information content (AvgIpc) is 3.34. The largest absolute Gasteiger partial charge is 0.419 e. The highest BCUT2D eigenvalue weighted by Crippen LogP contribution is 2.35. The van der Waals surface area contributed by atoms with Gasteiger partial charge in [-0.05, 0) is 82.4 Å². The summed E-state index contributed by atoms with van der Waals surface area (Å²) in [5.41, 5.74) is 0.151. The van der Waals surface area contributed by atoms with Gasteiger partial charge in [0.05, 0.1) is 11.3 Å². The van der Waals surface area contributed by atoms with Crippen molar-refractivity contribution in [3.05, 3.63) is 47.3 Å². The van der Waals surface area contributed by atoms with E-state index in [1.807, 2.05) is 7.05 Å². The lowest BCUT2D eigenvalue weighted by Gasteiger charge is -2.35. The number of amides is 2. The number of carbonyl (C=O) groups excluding carboxylic acids is 2. The SMILES string of the molecule is CCC(=O)N[C@H]1CCC[C@H]1Cc1nc(Nc2ccc(C(=O)N(C)C3CCN(C)CC3)cc2)ncc1C(F)(F)F. The highest BCUT2D eigenvalue weighted by molar-refractivity contribution is 5.94. The van der Waals surface area contributed by atoms with E-state index in [9.17, 15) is 22.8 Å². The molecule has 2 aromatic rings. The molecule has 1 aromatic carbocycles. The molecular formula is C28H37F3N6O2. The van der Waals surface area contributed by atoms with Crippen molar-refractivity contribution in [1.29, 1.82) is 0 Å². The standard InChI is InChI=1S/C28H37F3N6O2/c1-4-25(38)34-23-7-5-6-19(23)16-24-22(28(29,30)31)17-32-27(35-24)33-20-10-8-18(9-11-20)26(39)37(3)21-12-14-36(2)15-13-21/h8-11,17,19,21,23H,4-7,12-16H2,1-3H3,(H,34,38)(H,32,33,35)/t19-,23-/m0/s1. The first-order valence-electron chi connectivity index (χ1n) is 13.6. The highest BCUT2D eigenvalue weighted by Gasteiger charge is 2.37. The number of nitrogens with one attached hydrogen (secondary N) is 2. The van der Waals surface area contributed by atoms with Crippen LogP contribution in [-0.4, -0.2) is 70.9 Å². The lowest BCUT2D eigenvalue weighted by Crippen LogP contribution is -2.44. The fourth-order valence-corrected chi connectivity index (χ4v) is 5.48. The van der Waals surface area contributed by atoms with Crippen LogP contribution in [0, 0.1) is 5.92 Å². The van der Waals surface area contributed by atoms with Crippen LogP contribution < -0.4 is 10.6 Å². The molecule has 212 valence electrons. The Balaban J connectivity index is 1.46. The Kier molecular flexibility index (Phi) is 9.09. The van der Waals surface area contributed by atoms with Crippen LogP contribution in [0.5, 0.6) is 0 Å². The molecule has 1 saturated carbocycles. The first-order chi connectivity index (χ1) is 18.5. The molecule has 1 aliphatic heterocycles. The third-order valence-corrected chi connectivity index (χ3v) is 7.90. The van der Waals surface area contributed by atoms with Gasteiger partial charge >= 0.3 is 6.18 Å². The Morgan fingerprint density at radius 2 is 1.79 bits per heavy atom. The number of likely N-dealkylation sites (tertiary alicyclic amines) is 1. The summed E-state index contributed by atoms with van der Waals surface area (Å²) < 4.78 is 41.3. The van der Waals surface area contributed by atoms with E-state index < -0.39 is 11.7 Å². The molecule has 2 aliphatic rings. The molecule has 0 bridgehead atoms. The molecule has 2 amide bonds. The third kappa shape index (κ3) is 7.26. The van der Waals surface area contributed by atoms with Crippen molar-refractivity contribution in [2.45, 2.75) is 70.1 Å². The molecule has 2 fully saturated rings. The molecule has 11 heteroatoms. The molecule has 39 heavy (non-hydrogen) atoms. The van der Waals surface area contributed by atoms with Crippen LogP contribution in [0.3, 0.4) is 0 Å². The van der Waals surface area contributed by atoms with E-state index >= 15 is 0 Å². The Bertz CT molecular complexity index is 1150. The van der Waals surface area contributed by atoms with Gasteiger partial charge in [-0.2, -0.15) is 13.2 Å². The Hall–Kier alpha value is -3.21. The number of halogens is 3. The van der Waals surface area contributed by atoms with Gasteiger partial charge in [0.2, 0.25) is 11.9 Å². The van der Waals surface area contributed by atoms with E-state index in [1.165, 1.54) is 0 Å². The summed E-state index contributed by atoms with van der Waals surface area (Å²) in [6, 6.07) is 6.82. The summed E-state index contributed by atoms with van der Waals surface area (Å²) in [6.07, 6.45) is 0.817. The molecule has 1 saturated heterocycles. The second-order valence-electron chi connectivity index (χ2n) is 10.6. The predicted octanol–water partition coefficient (Wildman–Crippen LogP) is 4.64. The fraction of sp³-hybridized carbons (Fsp3) is 0.571. The Labute approximate surface area is 227 Å². The number of rotatable bonds is 8. The first-order valence-corrected chi connectivity index (χ1v) is 13.6. The van der Waals surface area contributed by atoms with Crippen LogP contribution in [0.2, 0.25) is 0 Å². The maximum Gasteiger partial charge on any atom is 0.419 e. The van der Waals surface area contributed by atoms with E-state index in [1.54, 1.807) is 36.1 Å². The van der Waals surface area contributed by atoms with Gasteiger partial charge in [0.15, 0.2) is 0 Å². The van der Waals surface area contributed by atoms with Crippen LogP contribution >= 0.6 is 0 Å². The normalized spacial score (nSPS) is 20.6.